The summed E-state index contributed by atoms with van der Waals surface area (Å²) in [4.78, 5) is 13.5. The molecular weight excluding hydrogens is 236 g/mol. The van der Waals surface area contributed by atoms with Crippen molar-refractivity contribution in [3.05, 3.63) is 35.4 Å². The number of rotatable bonds is 4. The first-order valence-corrected chi connectivity index (χ1v) is 5.61. The molecule has 96 valence electrons. The Labute approximate surface area is 109 Å². The van der Waals surface area contributed by atoms with Gasteiger partial charge in [-0.25, -0.2) is 0 Å². The Hall–Kier alpha value is -1.06. The lowest BCUT2D eigenvalue weighted by molar-refractivity contribution is -0.131. The van der Waals surface area contributed by atoms with Crippen LogP contribution in [0.4, 0.5) is 0 Å². The third kappa shape index (κ3) is 4.36. The third-order valence-corrected chi connectivity index (χ3v) is 2.80. The van der Waals surface area contributed by atoms with Crippen LogP contribution in [0.2, 0.25) is 0 Å². The van der Waals surface area contributed by atoms with Gasteiger partial charge in [0.05, 0.1) is 6.04 Å². The summed E-state index contributed by atoms with van der Waals surface area (Å²) in [5.41, 5.74) is 8.09. The predicted octanol–water partition coefficient (Wildman–Crippen LogP) is 2.11. The molecule has 3 nitrogen and oxygen atoms in total. The lowest BCUT2D eigenvalue weighted by Crippen LogP contribution is -2.40. The van der Waals surface area contributed by atoms with E-state index in [1.165, 1.54) is 11.1 Å². The fraction of sp³-hybridized carbons (Fsp3) is 0.462. The SMILES string of the molecule is CC[C@H](N)C(=O)N(C)Cc1ccccc1C.Cl. The van der Waals surface area contributed by atoms with Crippen LogP contribution >= 0.6 is 12.4 Å². The van der Waals surface area contributed by atoms with Crippen molar-refractivity contribution in [1.29, 1.82) is 0 Å². The minimum Gasteiger partial charge on any atom is -0.340 e. The Morgan fingerprint density at radius 2 is 2.00 bits per heavy atom. The summed E-state index contributed by atoms with van der Waals surface area (Å²) in [6.45, 7) is 4.59. The lowest BCUT2D eigenvalue weighted by atomic mass is 10.1. The number of aryl methyl sites for hydroxylation is 1. The van der Waals surface area contributed by atoms with Crippen LogP contribution in [0.15, 0.2) is 24.3 Å². The number of nitrogens with zero attached hydrogens (tertiary/aromatic N) is 1. The summed E-state index contributed by atoms with van der Waals surface area (Å²) < 4.78 is 0. The standard InChI is InChI=1S/C13H20N2O.ClH/c1-4-12(14)13(16)15(3)9-11-8-6-5-7-10(11)2;/h5-8,12H,4,9,14H2,1-3H3;1H/t12-;/m0./s1. The van der Waals surface area contributed by atoms with Gasteiger partial charge < -0.3 is 10.6 Å². The van der Waals surface area contributed by atoms with Gasteiger partial charge >= 0.3 is 0 Å². The van der Waals surface area contributed by atoms with E-state index in [2.05, 4.69) is 0 Å². The smallest absolute Gasteiger partial charge is 0.239 e. The second-order valence-corrected chi connectivity index (χ2v) is 4.14. The summed E-state index contributed by atoms with van der Waals surface area (Å²) in [6.07, 6.45) is 0.678. The van der Waals surface area contributed by atoms with E-state index >= 15 is 0 Å². The van der Waals surface area contributed by atoms with Gasteiger partial charge in [-0.3, -0.25) is 4.79 Å². The van der Waals surface area contributed by atoms with E-state index in [9.17, 15) is 4.79 Å². The van der Waals surface area contributed by atoms with Crippen LogP contribution in [0.3, 0.4) is 0 Å². The van der Waals surface area contributed by atoms with Crippen molar-refractivity contribution in [1.82, 2.24) is 4.90 Å². The summed E-state index contributed by atoms with van der Waals surface area (Å²) in [5.74, 6) is 0.00533. The van der Waals surface area contributed by atoms with E-state index in [1.54, 1.807) is 11.9 Å². The Bertz CT molecular complexity index is 368. The zero-order chi connectivity index (χ0) is 12.1. The van der Waals surface area contributed by atoms with Gasteiger partial charge in [0, 0.05) is 13.6 Å². The largest absolute Gasteiger partial charge is 0.340 e. The molecule has 4 heteroatoms. The maximum atomic E-state index is 11.8. The Morgan fingerprint density at radius 3 is 2.53 bits per heavy atom. The number of likely N-dealkylation sites (N-methyl/N-ethyl adjacent to an activating group) is 1. The molecule has 0 aromatic heterocycles. The van der Waals surface area contributed by atoms with E-state index in [4.69, 9.17) is 5.73 Å². The second kappa shape index (κ2) is 7.30. The zero-order valence-electron chi connectivity index (χ0n) is 10.6. The molecule has 0 bridgehead atoms. The molecule has 0 radical (unpaired) electrons. The van der Waals surface area contributed by atoms with Crippen molar-refractivity contribution in [2.24, 2.45) is 5.73 Å². The molecule has 0 spiro atoms. The number of carbonyl (C=O) groups excluding carboxylic acids is 1. The molecule has 1 rings (SSSR count). The highest BCUT2D eigenvalue weighted by Gasteiger charge is 2.16. The molecule has 0 aliphatic rings. The number of nitrogens with two attached hydrogens (primary N) is 1. The average molecular weight is 257 g/mol. The van der Waals surface area contributed by atoms with Crippen molar-refractivity contribution >= 4 is 18.3 Å². The molecule has 1 atom stereocenters. The van der Waals surface area contributed by atoms with Crippen molar-refractivity contribution in [3.63, 3.8) is 0 Å². The van der Waals surface area contributed by atoms with Crippen molar-refractivity contribution in [3.8, 4) is 0 Å². The highest BCUT2D eigenvalue weighted by atomic mass is 35.5. The molecular formula is C13H21ClN2O. The molecule has 1 aromatic carbocycles. The first kappa shape index (κ1) is 15.9. The maximum absolute atomic E-state index is 11.8. The summed E-state index contributed by atoms with van der Waals surface area (Å²) in [6, 6.07) is 7.69. The van der Waals surface area contributed by atoms with Crippen molar-refractivity contribution in [2.75, 3.05) is 7.05 Å². The topological polar surface area (TPSA) is 46.3 Å². The fourth-order valence-corrected chi connectivity index (χ4v) is 1.58. The van der Waals surface area contributed by atoms with Crippen LogP contribution < -0.4 is 5.73 Å². The fourth-order valence-electron chi connectivity index (χ4n) is 1.58. The van der Waals surface area contributed by atoms with Crippen LogP contribution in [0.5, 0.6) is 0 Å². The maximum Gasteiger partial charge on any atom is 0.239 e. The quantitative estimate of drug-likeness (QED) is 0.897. The van der Waals surface area contributed by atoms with Gasteiger partial charge in [0.25, 0.3) is 0 Å². The van der Waals surface area contributed by atoms with Gasteiger partial charge in [0.2, 0.25) is 5.91 Å². The number of amides is 1. The molecule has 0 aliphatic heterocycles. The lowest BCUT2D eigenvalue weighted by Gasteiger charge is -2.21. The first-order chi connectivity index (χ1) is 7.56. The molecule has 17 heavy (non-hydrogen) atoms. The van der Waals surface area contributed by atoms with E-state index in [0.717, 1.165) is 0 Å². The average Bonchev–Trinajstić information content (AvgIpc) is 2.30. The van der Waals surface area contributed by atoms with Crippen LogP contribution in [-0.4, -0.2) is 23.9 Å². The van der Waals surface area contributed by atoms with Crippen molar-refractivity contribution in [2.45, 2.75) is 32.9 Å². The molecule has 0 heterocycles. The second-order valence-electron chi connectivity index (χ2n) is 4.14. The van der Waals surface area contributed by atoms with E-state index in [-0.39, 0.29) is 24.4 Å². The monoisotopic (exact) mass is 256 g/mol. The van der Waals surface area contributed by atoms with Gasteiger partial charge in [0.15, 0.2) is 0 Å². The van der Waals surface area contributed by atoms with Gasteiger partial charge in [-0.15, -0.1) is 12.4 Å². The summed E-state index contributed by atoms with van der Waals surface area (Å²) in [7, 11) is 1.80. The minimum atomic E-state index is -0.381. The third-order valence-electron chi connectivity index (χ3n) is 2.80. The van der Waals surface area contributed by atoms with Crippen LogP contribution in [0.25, 0.3) is 0 Å². The van der Waals surface area contributed by atoms with E-state index < -0.39 is 0 Å². The number of hydrogen-bond acceptors (Lipinski definition) is 2. The molecule has 0 aliphatic carbocycles. The molecule has 0 fully saturated rings. The zero-order valence-corrected chi connectivity index (χ0v) is 11.5. The molecule has 0 unspecified atom stereocenters. The highest BCUT2D eigenvalue weighted by molar-refractivity contribution is 5.85. The molecule has 0 saturated carbocycles. The molecule has 0 saturated heterocycles. The van der Waals surface area contributed by atoms with Crippen LogP contribution in [0.1, 0.15) is 24.5 Å². The van der Waals surface area contributed by atoms with Gasteiger partial charge in [-0.2, -0.15) is 0 Å². The van der Waals surface area contributed by atoms with Gasteiger partial charge in [-0.1, -0.05) is 31.2 Å². The first-order valence-electron chi connectivity index (χ1n) is 5.61. The number of halogens is 1. The number of carbonyl (C=O) groups is 1. The summed E-state index contributed by atoms with van der Waals surface area (Å²) in [5, 5.41) is 0. The summed E-state index contributed by atoms with van der Waals surface area (Å²) >= 11 is 0. The van der Waals surface area contributed by atoms with Gasteiger partial charge in [0.1, 0.15) is 0 Å². The Kier molecular flexibility index (Phi) is 6.85. The van der Waals surface area contributed by atoms with Crippen LogP contribution in [-0.2, 0) is 11.3 Å². The van der Waals surface area contributed by atoms with Crippen molar-refractivity contribution < 1.29 is 4.79 Å². The number of benzene rings is 1. The highest BCUT2D eigenvalue weighted by Crippen LogP contribution is 2.10. The normalized spacial score (nSPS) is 11.5. The Balaban J connectivity index is 0.00000256. The molecule has 2 N–H and O–H groups in total. The minimum absolute atomic E-state index is 0. The molecule has 1 aromatic rings. The van der Waals surface area contributed by atoms with E-state index in [1.807, 2.05) is 38.1 Å². The van der Waals surface area contributed by atoms with E-state index in [0.29, 0.717) is 13.0 Å². The van der Waals surface area contributed by atoms with Gasteiger partial charge in [-0.05, 0) is 24.5 Å². The predicted molar refractivity (Wildman–Crippen MR) is 73.2 cm³/mol. The number of hydrogen-bond donors (Lipinski definition) is 1. The molecule has 1 amide bonds. The Morgan fingerprint density at radius 1 is 1.41 bits per heavy atom. The van der Waals surface area contributed by atoms with Crippen LogP contribution in [0, 0.1) is 6.92 Å².